The lowest BCUT2D eigenvalue weighted by Gasteiger charge is -2.18. The highest BCUT2D eigenvalue weighted by molar-refractivity contribution is 6.02. The molecule has 0 aliphatic heterocycles. The molecule has 1 rings (SSSR count). The predicted octanol–water partition coefficient (Wildman–Crippen LogP) is 2.92. The number of hydrogen-bond acceptors (Lipinski definition) is 2. The van der Waals surface area contributed by atoms with Gasteiger partial charge in [-0.25, -0.2) is 0 Å². The molecule has 0 spiro atoms. The Balaban J connectivity index is 3.13. The van der Waals surface area contributed by atoms with E-state index in [-0.39, 0.29) is 11.2 Å². The van der Waals surface area contributed by atoms with Crippen LogP contribution in [0, 0.1) is 5.41 Å². The van der Waals surface area contributed by atoms with E-state index in [4.69, 9.17) is 4.74 Å². The third-order valence-corrected chi connectivity index (χ3v) is 2.03. The fourth-order valence-corrected chi connectivity index (χ4v) is 1.24. The second-order valence-corrected chi connectivity index (χ2v) is 4.28. The van der Waals surface area contributed by atoms with E-state index in [1.807, 2.05) is 32.9 Å². The summed E-state index contributed by atoms with van der Waals surface area (Å²) in [7, 11) is 1.58. The molecule has 14 heavy (non-hydrogen) atoms. The molecule has 0 radical (unpaired) electrons. The molecule has 76 valence electrons. The quantitative estimate of drug-likeness (QED) is 0.673. The molecule has 0 aromatic heterocycles. The first kappa shape index (κ1) is 10.8. The number of benzene rings is 1. The molecule has 1 aromatic carbocycles. The van der Waals surface area contributed by atoms with Crippen LogP contribution in [0.4, 0.5) is 0 Å². The van der Waals surface area contributed by atoms with Gasteiger partial charge in [-0.3, -0.25) is 4.79 Å². The lowest BCUT2D eigenvalue weighted by molar-refractivity contribution is 0.0855. The summed E-state index contributed by atoms with van der Waals surface area (Å²) >= 11 is 0. The Kier molecular flexibility index (Phi) is 2.94. The summed E-state index contributed by atoms with van der Waals surface area (Å²) in [5.74, 6) is 0.752. The lowest BCUT2D eigenvalue weighted by atomic mass is 9.86. The highest BCUT2D eigenvalue weighted by atomic mass is 16.5. The van der Waals surface area contributed by atoms with Crippen molar-refractivity contribution >= 4 is 5.78 Å². The molecule has 0 saturated carbocycles. The number of carbonyl (C=O) groups is 1. The molecule has 0 amide bonds. The Hall–Kier alpha value is -1.31. The third kappa shape index (κ3) is 2.13. The maximum Gasteiger partial charge on any atom is 0.171 e. The van der Waals surface area contributed by atoms with E-state index < -0.39 is 0 Å². The van der Waals surface area contributed by atoms with Gasteiger partial charge < -0.3 is 4.74 Å². The minimum Gasteiger partial charge on any atom is -0.496 e. The smallest absolute Gasteiger partial charge is 0.171 e. The fourth-order valence-electron chi connectivity index (χ4n) is 1.24. The Labute approximate surface area is 84.9 Å². The summed E-state index contributed by atoms with van der Waals surface area (Å²) < 4.78 is 5.14. The number of carbonyl (C=O) groups excluding carboxylic acids is 1. The number of ketones is 1. The Bertz CT molecular complexity index is 334. The molecular weight excluding hydrogens is 176 g/mol. The Morgan fingerprint density at radius 2 is 1.79 bits per heavy atom. The maximum absolute atomic E-state index is 12.0. The topological polar surface area (TPSA) is 26.3 Å². The van der Waals surface area contributed by atoms with E-state index in [2.05, 4.69) is 0 Å². The number of para-hydroxylation sites is 1. The van der Waals surface area contributed by atoms with Crippen LogP contribution in [0.3, 0.4) is 0 Å². The van der Waals surface area contributed by atoms with Gasteiger partial charge in [0, 0.05) is 5.41 Å². The summed E-state index contributed by atoms with van der Waals surface area (Å²) in [5, 5.41) is 0. The molecule has 0 saturated heterocycles. The molecule has 0 aliphatic carbocycles. The van der Waals surface area contributed by atoms with E-state index in [0.29, 0.717) is 11.3 Å². The fraction of sp³-hybridized carbons (Fsp3) is 0.417. The van der Waals surface area contributed by atoms with Crippen molar-refractivity contribution < 1.29 is 9.53 Å². The molecule has 0 atom stereocenters. The van der Waals surface area contributed by atoms with Crippen LogP contribution in [-0.2, 0) is 0 Å². The number of hydrogen-bond donors (Lipinski definition) is 0. The van der Waals surface area contributed by atoms with Crippen LogP contribution >= 0.6 is 0 Å². The highest BCUT2D eigenvalue weighted by Crippen LogP contribution is 2.26. The molecule has 2 nitrogen and oxygen atoms in total. The van der Waals surface area contributed by atoms with Crippen LogP contribution < -0.4 is 4.74 Å². The normalized spacial score (nSPS) is 11.1. The van der Waals surface area contributed by atoms with E-state index >= 15 is 0 Å². The highest BCUT2D eigenvalue weighted by Gasteiger charge is 2.25. The van der Waals surface area contributed by atoms with Crippen molar-refractivity contribution in [3.05, 3.63) is 29.8 Å². The Morgan fingerprint density at radius 3 is 2.29 bits per heavy atom. The van der Waals surface area contributed by atoms with E-state index in [1.54, 1.807) is 19.2 Å². The molecule has 2 heteroatoms. The van der Waals surface area contributed by atoms with Gasteiger partial charge in [-0.05, 0) is 12.1 Å². The zero-order valence-corrected chi connectivity index (χ0v) is 9.13. The van der Waals surface area contributed by atoms with Crippen LogP contribution in [0.1, 0.15) is 31.1 Å². The Morgan fingerprint density at radius 1 is 1.21 bits per heavy atom. The predicted molar refractivity (Wildman–Crippen MR) is 56.8 cm³/mol. The van der Waals surface area contributed by atoms with E-state index in [1.165, 1.54) is 0 Å². The molecule has 0 unspecified atom stereocenters. The summed E-state index contributed by atoms with van der Waals surface area (Å²) in [6.45, 7) is 5.71. The van der Waals surface area contributed by atoms with Crippen LogP contribution in [0.15, 0.2) is 24.3 Å². The molecule has 0 aliphatic rings. The summed E-state index contributed by atoms with van der Waals surface area (Å²) in [5.41, 5.74) is 0.289. The standard InChI is InChI=1S/C12H16O2/c1-12(2,3)11(13)9-7-5-6-8-10(9)14-4/h5-8H,1-4H3. The summed E-state index contributed by atoms with van der Waals surface area (Å²) in [4.78, 5) is 12.0. The van der Waals surface area contributed by atoms with Gasteiger partial charge in [-0.1, -0.05) is 32.9 Å². The van der Waals surface area contributed by atoms with Crippen molar-refractivity contribution in [2.75, 3.05) is 7.11 Å². The summed E-state index contributed by atoms with van der Waals surface area (Å²) in [6, 6.07) is 7.31. The second kappa shape index (κ2) is 3.82. The van der Waals surface area contributed by atoms with Gasteiger partial charge in [0.1, 0.15) is 5.75 Å². The van der Waals surface area contributed by atoms with Crippen molar-refractivity contribution in [3.63, 3.8) is 0 Å². The monoisotopic (exact) mass is 192 g/mol. The van der Waals surface area contributed by atoms with E-state index in [0.717, 1.165) is 0 Å². The zero-order chi connectivity index (χ0) is 10.8. The SMILES string of the molecule is COc1ccccc1C(=O)C(C)(C)C. The van der Waals surface area contributed by atoms with Crippen molar-refractivity contribution in [2.45, 2.75) is 20.8 Å². The third-order valence-electron chi connectivity index (χ3n) is 2.03. The van der Waals surface area contributed by atoms with Gasteiger partial charge in [0.15, 0.2) is 5.78 Å². The van der Waals surface area contributed by atoms with Crippen molar-refractivity contribution in [1.29, 1.82) is 0 Å². The van der Waals surface area contributed by atoms with Crippen LogP contribution in [0.5, 0.6) is 5.75 Å². The zero-order valence-electron chi connectivity index (χ0n) is 9.13. The minimum atomic E-state index is -0.366. The van der Waals surface area contributed by atoms with Gasteiger partial charge in [-0.2, -0.15) is 0 Å². The number of Topliss-reactive ketones (excluding diaryl/α,β-unsaturated/α-hetero) is 1. The molecule has 0 N–H and O–H groups in total. The molecule has 1 aromatic rings. The van der Waals surface area contributed by atoms with E-state index in [9.17, 15) is 4.79 Å². The second-order valence-electron chi connectivity index (χ2n) is 4.28. The molecular formula is C12H16O2. The van der Waals surface area contributed by atoms with Crippen LogP contribution in [0.2, 0.25) is 0 Å². The molecule has 0 fully saturated rings. The van der Waals surface area contributed by atoms with Crippen molar-refractivity contribution in [3.8, 4) is 5.75 Å². The maximum atomic E-state index is 12.0. The van der Waals surface area contributed by atoms with Crippen molar-refractivity contribution in [1.82, 2.24) is 0 Å². The average Bonchev–Trinajstić information content (AvgIpc) is 2.15. The first-order valence-corrected chi connectivity index (χ1v) is 4.64. The first-order valence-electron chi connectivity index (χ1n) is 4.64. The number of ether oxygens (including phenoxy) is 1. The van der Waals surface area contributed by atoms with Crippen molar-refractivity contribution in [2.24, 2.45) is 5.41 Å². The molecule has 0 heterocycles. The first-order chi connectivity index (χ1) is 6.46. The minimum absolute atomic E-state index is 0.106. The summed E-state index contributed by atoms with van der Waals surface area (Å²) in [6.07, 6.45) is 0. The largest absolute Gasteiger partial charge is 0.496 e. The van der Waals surface area contributed by atoms with Crippen LogP contribution in [0.25, 0.3) is 0 Å². The van der Waals surface area contributed by atoms with Gasteiger partial charge in [0.05, 0.1) is 12.7 Å². The van der Waals surface area contributed by atoms with Gasteiger partial charge in [0.25, 0.3) is 0 Å². The number of rotatable bonds is 2. The number of methoxy groups -OCH3 is 1. The lowest BCUT2D eigenvalue weighted by Crippen LogP contribution is -2.20. The van der Waals surface area contributed by atoms with Gasteiger partial charge >= 0.3 is 0 Å². The molecule has 0 bridgehead atoms. The average molecular weight is 192 g/mol. The van der Waals surface area contributed by atoms with Crippen LogP contribution in [-0.4, -0.2) is 12.9 Å². The van der Waals surface area contributed by atoms with Gasteiger partial charge in [-0.15, -0.1) is 0 Å². The van der Waals surface area contributed by atoms with Gasteiger partial charge in [0.2, 0.25) is 0 Å².